The van der Waals surface area contributed by atoms with Crippen LogP contribution in [-0.4, -0.2) is 41.4 Å². The molecule has 0 radical (unpaired) electrons. The lowest BCUT2D eigenvalue weighted by atomic mass is 10.1. The molecule has 0 saturated carbocycles. The summed E-state index contributed by atoms with van der Waals surface area (Å²) in [5.74, 6) is -1.27. The summed E-state index contributed by atoms with van der Waals surface area (Å²) in [5, 5.41) is 12.4. The predicted molar refractivity (Wildman–Crippen MR) is 108 cm³/mol. The Morgan fingerprint density at radius 2 is 1.83 bits per heavy atom. The van der Waals surface area contributed by atoms with E-state index in [4.69, 9.17) is 11.6 Å². The minimum absolute atomic E-state index is 0.211. The molecule has 0 spiro atoms. The summed E-state index contributed by atoms with van der Waals surface area (Å²) in [7, 11) is 0. The first-order chi connectivity index (χ1) is 13.9. The van der Waals surface area contributed by atoms with E-state index in [0.717, 1.165) is 16.0 Å². The van der Waals surface area contributed by atoms with Crippen molar-refractivity contribution in [3.8, 4) is 0 Å². The van der Waals surface area contributed by atoms with Crippen LogP contribution < -0.4 is 10.2 Å². The maximum Gasteiger partial charge on any atom is 0.263 e. The first-order valence-corrected chi connectivity index (χ1v) is 9.41. The van der Waals surface area contributed by atoms with Crippen molar-refractivity contribution in [3.63, 3.8) is 0 Å². The van der Waals surface area contributed by atoms with Crippen molar-refractivity contribution in [1.29, 1.82) is 0 Å². The number of rotatable bonds is 4. The minimum atomic E-state index is -0.940. The van der Waals surface area contributed by atoms with Gasteiger partial charge in [0, 0.05) is 10.7 Å². The van der Waals surface area contributed by atoms with Crippen LogP contribution in [-0.2, 0) is 14.4 Å². The fourth-order valence-corrected chi connectivity index (χ4v) is 3.56. The number of halogens is 1. The molecule has 1 N–H and O–H groups in total. The van der Waals surface area contributed by atoms with Gasteiger partial charge >= 0.3 is 0 Å². The predicted octanol–water partition coefficient (Wildman–Crippen LogP) is 2.89. The average Bonchev–Trinajstić information content (AvgIpc) is 3.20. The van der Waals surface area contributed by atoms with Crippen LogP contribution in [0.15, 0.2) is 52.8 Å². The Kier molecular flexibility index (Phi) is 4.79. The second-order valence-corrected chi connectivity index (χ2v) is 7.41. The molecule has 29 heavy (non-hydrogen) atoms. The Morgan fingerprint density at radius 1 is 1.10 bits per heavy atom. The van der Waals surface area contributed by atoms with E-state index < -0.39 is 23.9 Å². The van der Waals surface area contributed by atoms with Gasteiger partial charge in [0.15, 0.2) is 12.1 Å². The summed E-state index contributed by atoms with van der Waals surface area (Å²) >= 11 is 6.08. The van der Waals surface area contributed by atoms with Gasteiger partial charge in [0.2, 0.25) is 5.91 Å². The summed E-state index contributed by atoms with van der Waals surface area (Å²) in [6.07, 6.45) is 0. The van der Waals surface area contributed by atoms with Crippen molar-refractivity contribution in [3.05, 3.63) is 58.6 Å². The smallest absolute Gasteiger partial charge is 0.263 e. The largest absolute Gasteiger partial charge is 0.324 e. The van der Waals surface area contributed by atoms with Crippen LogP contribution in [0.1, 0.15) is 11.1 Å². The summed E-state index contributed by atoms with van der Waals surface area (Å²) in [6.45, 7) is 3.50. The minimum Gasteiger partial charge on any atom is -0.324 e. The van der Waals surface area contributed by atoms with Gasteiger partial charge in [0.05, 0.1) is 5.69 Å². The molecule has 4 rings (SSSR count). The summed E-state index contributed by atoms with van der Waals surface area (Å²) in [5.41, 5.74) is 2.81. The topological polar surface area (TPSA) is 94.4 Å². The highest BCUT2D eigenvalue weighted by Gasteiger charge is 2.55. The Hall–Kier alpha value is -3.26. The normalized spacial score (nSPS) is 20.4. The van der Waals surface area contributed by atoms with E-state index in [1.807, 2.05) is 19.1 Å². The fraction of sp³-hybridized carbons (Fsp3) is 0.250. The van der Waals surface area contributed by atoms with Crippen LogP contribution in [0.4, 0.5) is 11.4 Å². The highest BCUT2D eigenvalue weighted by atomic mass is 35.5. The molecule has 2 heterocycles. The number of imide groups is 1. The van der Waals surface area contributed by atoms with Crippen molar-refractivity contribution in [1.82, 2.24) is 5.01 Å². The van der Waals surface area contributed by atoms with E-state index in [-0.39, 0.29) is 12.5 Å². The maximum atomic E-state index is 12.9. The zero-order valence-corrected chi connectivity index (χ0v) is 16.6. The summed E-state index contributed by atoms with van der Waals surface area (Å²) in [6, 6.07) is 10.4. The molecule has 0 aromatic heterocycles. The number of nitrogens with one attached hydrogen (secondary N) is 1. The number of hydrogen-bond donors (Lipinski definition) is 1. The van der Waals surface area contributed by atoms with E-state index >= 15 is 0 Å². The standard InChI is InChI=1S/C20H18ClN5O3/c1-11-6-8-13(9-7-11)26-19(28)17-18(20(26)29)25(24-23-17)10-16(27)22-15-5-3-4-14(21)12(15)2/h3-9,17-18H,10H2,1-2H3,(H,22,27)/t17-,18+/m1/s1. The third-order valence-electron chi connectivity index (χ3n) is 5.00. The van der Waals surface area contributed by atoms with E-state index in [2.05, 4.69) is 15.7 Å². The second kappa shape index (κ2) is 7.29. The molecule has 2 aliphatic heterocycles. The Balaban J connectivity index is 1.49. The van der Waals surface area contributed by atoms with Crippen LogP contribution >= 0.6 is 11.6 Å². The molecule has 9 heteroatoms. The van der Waals surface area contributed by atoms with Gasteiger partial charge in [-0.1, -0.05) is 40.6 Å². The molecule has 1 saturated heterocycles. The quantitative estimate of drug-likeness (QED) is 0.782. The molecule has 3 amide bonds. The monoisotopic (exact) mass is 411 g/mol. The van der Waals surface area contributed by atoms with Gasteiger partial charge in [-0.05, 0) is 43.7 Å². The van der Waals surface area contributed by atoms with Crippen LogP contribution in [0.5, 0.6) is 0 Å². The van der Waals surface area contributed by atoms with Gasteiger partial charge in [-0.3, -0.25) is 19.4 Å². The first kappa shape index (κ1) is 19.1. The Labute approximate surface area is 172 Å². The number of benzene rings is 2. The maximum absolute atomic E-state index is 12.9. The molecule has 1 fully saturated rings. The van der Waals surface area contributed by atoms with E-state index in [1.165, 1.54) is 5.01 Å². The van der Waals surface area contributed by atoms with E-state index in [1.54, 1.807) is 37.3 Å². The molecule has 0 unspecified atom stereocenters. The molecule has 148 valence electrons. The van der Waals surface area contributed by atoms with Crippen LogP contribution in [0.25, 0.3) is 0 Å². The van der Waals surface area contributed by atoms with Gasteiger partial charge < -0.3 is 5.32 Å². The molecule has 0 aliphatic carbocycles. The zero-order chi connectivity index (χ0) is 20.7. The van der Waals surface area contributed by atoms with Crippen molar-refractivity contribution >= 4 is 40.7 Å². The highest BCUT2D eigenvalue weighted by Crippen LogP contribution is 2.32. The SMILES string of the molecule is Cc1ccc(N2C(=O)[C@@H]3[C@@H](N=NN3CC(=O)Nc3cccc(Cl)c3C)C2=O)cc1. The number of hydrogen-bond acceptors (Lipinski definition) is 6. The molecule has 2 aromatic carbocycles. The second-order valence-electron chi connectivity index (χ2n) is 7.00. The number of anilines is 2. The Morgan fingerprint density at radius 3 is 2.55 bits per heavy atom. The molecular weight excluding hydrogens is 394 g/mol. The molecule has 2 aliphatic rings. The molecule has 2 atom stereocenters. The van der Waals surface area contributed by atoms with E-state index in [9.17, 15) is 14.4 Å². The molecule has 2 aromatic rings. The highest BCUT2D eigenvalue weighted by molar-refractivity contribution is 6.31. The third-order valence-corrected chi connectivity index (χ3v) is 5.41. The molecular formula is C20H18ClN5O3. The first-order valence-electron chi connectivity index (χ1n) is 9.03. The zero-order valence-electron chi connectivity index (χ0n) is 15.8. The lowest BCUT2D eigenvalue weighted by Crippen LogP contribution is -2.43. The van der Waals surface area contributed by atoms with Gasteiger partial charge in [-0.15, -0.1) is 0 Å². The number of fused-ring (bicyclic) bond motifs is 1. The van der Waals surface area contributed by atoms with Crippen LogP contribution in [0, 0.1) is 13.8 Å². The van der Waals surface area contributed by atoms with Gasteiger partial charge in [-0.25, -0.2) is 4.90 Å². The van der Waals surface area contributed by atoms with Crippen molar-refractivity contribution in [2.24, 2.45) is 10.3 Å². The summed E-state index contributed by atoms with van der Waals surface area (Å²) < 4.78 is 0. The van der Waals surface area contributed by atoms with Gasteiger partial charge in [0.25, 0.3) is 11.8 Å². The Bertz CT molecular complexity index is 1040. The average molecular weight is 412 g/mol. The molecule has 0 bridgehead atoms. The van der Waals surface area contributed by atoms with E-state index in [0.29, 0.717) is 16.4 Å². The van der Waals surface area contributed by atoms with Gasteiger partial charge in [-0.2, -0.15) is 5.11 Å². The lowest BCUT2D eigenvalue weighted by Gasteiger charge is -2.20. The third kappa shape index (κ3) is 3.36. The van der Waals surface area contributed by atoms with Crippen LogP contribution in [0.2, 0.25) is 5.02 Å². The van der Waals surface area contributed by atoms with Crippen LogP contribution in [0.3, 0.4) is 0 Å². The lowest BCUT2D eigenvalue weighted by molar-refractivity contribution is -0.123. The number of nitrogens with zero attached hydrogens (tertiary/aromatic N) is 4. The molecule has 8 nitrogen and oxygen atoms in total. The van der Waals surface area contributed by atoms with Crippen molar-refractivity contribution < 1.29 is 14.4 Å². The fourth-order valence-electron chi connectivity index (χ4n) is 3.38. The van der Waals surface area contributed by atoms with Crippen molar-refractivity contribution in [2.75, 3.05) is 16.8 Å². The number of aryl methyl sites for hydroxylation is 1. The van der Waals surface area contributed by atoms with Gasteiger partial charge in [0.1, 0.15) is 6.54 Å². The summed E-state index contributed by atoms with van der Waals surface area (Å²) in [4.78, 5) is 39.2. The number of amides is 3. The number of carbonyl (C=O) groups is 3. The van der Waals surface area contributed by atoms with Crippen molar-refractivity contribution in [2.45, 2.75) is 25.9 Å². The number of carbonyl (C=O) groups excluding carboxylic acids is 3.